The zero-order valence-corrected chi connectivity index (χ0v) is 10.7. The monoisotopic (exact) mass is 267 g/mol. The summed E-state index contributed by atoms with van der Waals surface area (Å²) >= 11 is 0. The number of fused-ring (bicyclic) bond motifs is 1. The van der Waals surface area contributed by atoms with E-state index in [4.69, 9.17) is 0 Å². The number of anilines is 1. The minimum absolute atomic E-state index is 0.123. The van der Waals surface area contributed by atoms with Gasteiger partial charge in [0, 0.05) is 23.6 Å². The summed E-state index contributed by atoms with van der Waals surface area (Å²) < 4.78 is 1.78. The average Bonchev–Trinajstić information content (AvgIpc) is 2.92. The molecule has 0 atom stereocenters. The molecule has 2 aromatic heterocycles. The highest BCUT2D eigenvalue weighted by Crippen LogP contribution is 2.16. The van der Waals surface area contributed by atoms with Crippen molar-refractivity contribution in [2.24, 2.45) is 0 Å². The Labute approximate surface area is 115 Å². The average molecular weight is 267 g/mol. The number of amides is 1. The second-order valence-electron chi connectivity index (χ2n) is 4.36. The van der Waals surface area contributed by atoms with E-state index in [-0.39, 0.29) is 12.5 Å². The van der Waals surface area contributed by atoms with Crippen LogP contribution in [0.2, 0.25) is 0 Å². The van der Waals surface area contributed by atoms with Gasteiger partial charge in [-0.15, -0.1) is 0 Å². The van der Waals surface area contributed by atoms with Gasteiger partial charge in [-0.1, -0.05) is 24.3 Å². The summed E-state index contributed by atoms with van der Waals surface area (Å²) in [7, 11) is 0. The Morgan fingerprint density at radius 2 is 2.00 bits per heavy atom. The molecule has 2 N–H and O–H groups in total. The van der Waals surface area contributed by atoms with Crippen LogP contribution in [0.3, 0.4) is 0 Å². The van der Waals surface area contributed by atoms with Crippen LogP contribution in [0, 0.1) is 0 Å². The molecule has 5 heteroatoms. The largest absolute Gasteiger partial charge is 0.392 e. The summed E-state index contributed by atoms with van der Waals surface area (Å²) in [5.74, 6) is -0.297. The van der Waals surface area contributed by atoms with Gasteiger partial charge >= 0.3 is 0 Å². The number of aliphatic hydroxyl groups is 1. The van der Waals surface area contributed by atoms with E-state index in [0.717, 1.165) is 0 Å². The maximum Gasteiger partial charge on any atom is 0.275 e. The number of para-hydroxylation sites is 1. The highest BCUT2D eigenvalue weighted by atomic mass is 16.3. The van der Waals surface area contributed by atoms with E-state index >= 15 is 0 Å². The topological polar surface area (TPSA) is 66.6 Å². The molecule has 0 saturated heterocycles. The van der Waals surface area contributed by atoms with Crippen molar-refractivity contribution in [2.75, 3.05) is 5.32 Å². The van der Waals surface area contributed by atoms with Crippen LogP contribution in [0.25, 0.3) is 5.65 Å². The van der Waals surface area contributed by atoms with Crippen LogP contribution in [0.1, 0.15) is 16.1 Å². The number of benzene rings is 1. The van der Waals surface area contributed by atoms with Gasteiger partial charge < -0.3 is 14.8 Å². The molecule has 20 heavy (non-hydrogen) atoms. The van der Waals surface area contributed by atoms with Gasteiger partial charge in [-0.3, -0.25) is 4.79 Å². The van der Waals surface area contributed by atoms with E-state index in [0.29, 0.717) is 22.6 Å². The minimum atomic E-state index is -0.297. The van der Waals surface area contributed by atoms with Crippen LogP contribution in [0.4, 0.5) is 5.69 Å². The van der Waals surface area contributed by atoms with Gasteiger partial charge in [0.2, 0.25) is 0 Å². The maximum atomic E-state index is 12.2. The number of rotatable bonds is 3. The molecule has 0 fully saturated rings. The molecule has 2 heterocycles. The lowest BCUT2D eigenvalue weighted by molar-refractivity contribution is 0.102. The van der Waals surface area contributed by atoms with Crippen molar-refractivity contribution in [3.8, 4) is 0 Å². The zero-order valence-electron chi connectivity index (χ0n) is 10.7. The summed E-state index contributed by atoms with van der Waals surface area (Å²) in [6, 6.07) is 12.7. The third-order valence-electron chi connectivity index (χ3n) is 3.03. The van der Waals surface area contributed by atoms with E-state index in [9.17, 15) is 9.90 Å². The van der Waals surface area contributed by atoms with Gasteiger partial charge in [0.25, 0.3) is 5.91 Å². The fourth-order valence-corrected chi connectivity index (χ4v) is 2.01. The molecule has 3 rings (SSSR count). The molecule has 1 aromatic carbocycles. The third kappa shape index (κ3) is 2.26. The van der Waals surface area contributed by atoms with E-state index in [1.807, 2.05) is 30.5 Å². The molecule has 0 bridgehead atoms. The van der Waals surface area contributed by atoms with Gasteiger partial charge in [-0.25, -0.2) is 4.98 Å². The molecule has 0 radical (unpaired) electrons. The van der Waals surface area contributed by atoms with Crippen molar-refractivity contribution >= 4 is 17.2 Å². The Kier molecular flexibility index (Phi) is 3.18. The van der Waals surface area contributed by atoms with Crippen molar-refractivity contribution in [3.63, 3.8) is 0 Å². The standard InChI is InChI=1S/C15H13N3O2/c19-10-11-5-1-2-6-12(11)17-15(20)13-9-18-8-4-3-7-14(18)16-13/h1-9,19H,10H2,(H,17,20). The van der Waals surface area contributed by atoms with Gasteiger partial charge in [0.05, 0.1) is 6.61 Å². The van der Waals surface area contributed by atoms with Crippen LogP contribution in [0.5, 0.6) is 0 Å². The molecule has 0 unspecified atom stereocenters. The first-order valence-corrected chi connectivity index (χ1v) is 6.22. The Bertz CT molecular complexity index is 731. The number of pyridine rings is 1. The second kappa shape index (κ2) is 5.14. The van der Waals surface area contributed by atoms with Crippen molar-refractivity contribution < 1.29 is 9.90 Å². The van der Waals surface area contributed by atoms with Crippen LogP contribution >= 0.6 is 0 Å². The number of imidazole rings is 1. The van der Waals surface area contributed by atoms with Crippen molar-refractivity contribution in [3.05, 3.63) is 66.1 Å². The number of carbonyl (C=O) groups excluding carboxylic acids is 1. The molecular formula is C15H13N3O2. The molecule has 100 valence electrons. The zero-order chi connectivity index (χ0) is 13.9. The number of hydrogen-bond acceptors (Lipinski definition) is 3. The maximum absolute atomic E-state index is 12.2. The number of nitrogens with zero attached hydrogens (tertiary/aromatic N) is 2. The van der Waals surface area contributed by atoms with Gasteiger partial charge in [-0.2, -0.15) is 0 Å². The predicted molar refractivity (Wildman–Crippen MR) is 75.5 cm³/mol. The van der Waals surface area contributed by atoms with E-state index in [2.05, 4.69) is 10.3 Å². The van der Waals surface area contributed by atoms with E-state index in [1.54, 1.807) is 28.8 Å². The number of carbonyl (C=O) groups is 1. The fraction of sp³-hybridized carbons (Fsp3) is 0.0667. The summed E-state index contributed by atoms with van der Waals surface area (Å²) in [4.78, 5) is 16.4. The SMILES string of the molecule is O=C(Nc1ccccc1CO)c1cn2ccccc2n1. The molecule has 5 nitrogen and oxygen atoms in total. The number of aliphatic hydroxyl groups excluding tert-OH is 1. The predicted octanol–water partition coefficient (Wildman–Crippen LogP) is 2.08. The van der Waals surface area contributed by atoms with E-state index in [1.165, 1.54) is 0 Å². The van der Waals surface area contributed by atoms with Gasteiger partial charge in [0.15, 0.2) is 0 Å². The van der Waals surface area contributed by atoms with Crippen molar-refractivity contribution in [2.45, 2.75) is 6.61 Å². The fourth-order valence-electron chi connectivity index (χ4n) is 2.01. The number of hydrogen-bond donors (Lipinski definition) is 2. The van der Waals surface area contributed by atoms with Gasteiger partial charge in [0.1, 0.15) is 11.3 Å². The Balaban J connectivity index is 1.89. The normalized spacial score (nSPS) is 10.7. The van der Waals surface area contributed by atoms with Crippen LogP contribution in [0.15, 0.2) is 54.9 Å². The molecule has 0 aliphatic carbocycles. The molecular weight excluding hydrogens is 254 g/mol. The molecule has 0 saturated carbocycles. The van der Waals surface area contributed by atoms with Crippen LogP contribution in [-0.2, 0) is 6.61 Å². The highest BCUT2D eigenvalue weighted by Gasteiger charge is 2.12. The van der Waals surface area contributed by atoms with Crippen LogP contribution < -0.4 is 5.32 Å². The number of nitrogens with one attached hydrogen (secondary N) is 1. The first kappa shape index (κ1) is 12.4. The third-order valence-corrected chi connectivity index (χ3v) is 3.03. The highest BCUT2D eigenvalue weighted by molar-refractivity contribution is 6.03. The lowest BCUT2D eigenvalue weighted by atomic mass is 10.2. The summed E-state index contributed by atoms with van der Waals surface area (Å²) in [6.07, 6.45) is 3.51. The molecule has 1 amide bonds. The van der Waals surface area contributed by atoms with Gasteiger partial charge in [-0.05, 0) is 18.2 Å². The molecule has 0 spiro atoms. The Morgan fingerprint density at radius 3 is 2.80 bits per heavy atom. The quantitative estimate of drug-likeness (QED) is 0.763. The summed E-state index contributed by atoms with van der Waals surface area (Å²) in [5, 5.41) is 12.0. The minimum Gasteiger partial charge on any atom is -0.392 e. The van der Waals surface area contributed by atoms with Crippen LogP contribution in [-0.4, -0.2) is 20.4 Å². The summed E-state index contributed by atoms with van der Waals surface area (Å²) in [5.41, 5.74) is 2.32. The number of aromatic nitrogens is 2. The van der Waals surface area contributed by atoms with E-state index < -0.39 is 0 Å². The Morgan fingerprint density at radius 1 is 1.20 bits per heavy atom. The molecule has 0 aliphatic heterocycles. The lowest BCUT2D eigenvalue weighted by Crippen LogP contribution is -2.13. The smallest absolute Gasteiger partial charge is 0.275 e. The Hall–Kier alpha value is -2.66. The first-order chi connectivity index (χ1) is 9.78. The first-order valence-electron chi connectivity index (χ1n) is 6.22. The lowest BCUT2D eigenvalue weighted by Gasteiger charge is -2.07. The summed E-state index contributed by atoms with van der Waals surface area (Å²) in [6.45, 7) is -0.123. The molecule has 3 aromatic rings. The second-order valence-corrected chi connectivity index (χ2v) is 4.36. The van der Waals surface area contributed by atoms with Crippen molar-refractivity contribution in [1.82, 2.24) is 9.38 Å². The molecule has 0 aliphatic rings. The van der Waals surface area contributed by atoms with Crippen molar-refractivity contribution in [1.29, 1.82) is 0 Å².